The monoisotopic (exact) mass is 247 g/mol. The fourth-order valence-corrected chi connectivity index (χ4v) is 1.83. The maximum Gasteiger partial charge on any atom is 0.126 e. The number of rotatable bonds is 6. The van der Waals surface area contributed by atoms with Crippen molar-refractivity contribution in [3.8, 4) is 0 Å². The van der Waals surface area contributed by atoms with Gasteiger partial charge in [0.15, 0.2) is 0 Å². The average molecular weight is 248 g/mol. The van der Waals surface area contributed by atoms with Crippen molar-refractivity contribution in [1.29, 1.82) is 0 Å². The highest BCUT2D eigenvalue weighted by Gasteiger charge is 2.03. The van der Waals surface area contributed by atoms with Crippen LogP contribution in [0.4, 0.5) is 8.78 Å². The molecule has 0 aliphatic heterocycles. The van der Waals surface area contributed by atoms with Gasteiger partial charge in [0.25, 0.3) is 0 Å². The smallest absolute Gasteiger partial charge is 0.126 e. The van der Waals surface area contributed by atoms with Crippen LogP contribution >= 0.6 is 11.6 Å². The molecule has 0 saturated carbocycles. The lowest BCUT2D eigenvalue weighted by molar-refractivity contribution is 0.572. The molecule has 90 valence electrons. The fraction of sp³-hybridized carbons (Fsp3) is 0.500. The number of benzene rings is 1. The molecule has 0 aromatic heterocycles. The van der Waals surface area contributed by atoms with Crippen molar-refractivity contribution >= 4 is 11.6 Å². The minimum absolute atomic E-state index is 0.0726. The summed E-state index contributed by atoms with van der Waals surface area (Å²) >= 11 is 6.00. The Morgan fingerprint density at radius 2 is 1.88 bits per heavy atom. The molecule has 0 radical (unpaired) electrons. The van der Waals surface area contributed by atoms with E-state index in [-0.39, 0.29) is 5.38 Å². The zero-order chi connectivity index (χ0) is 12.0. The van der Waals surface area contributed by atoms with Gasteiger partial charge in [-0.15, -0.1) is 11.6 Å². The van der Waals surface area contributed by atoms with Crippen LogP contribution in [0.1, 0.15) is 25.3 Å². The van der Waals surface area contributed by atoms with Gasteiger partial charge in [0.1, 0.15) is 11.6 Å². The molecule has 0 spiro atoms. The van der Waals surface area contributed by atoms with Crippen LogP contribution in [0, 0.1) is 11.6 Å². The van der Waals surface area contributed by atoms with E-state index in [9.17, 15) is 8.78 Å². The Hall–Kier alpha value is -0.670. The SMILES string of the molecule is CCCC(Cl)CNCc1cc(F)cc(F)c1. The van der Waals surface area contributed by atoms with Gasteiger partial charge in [-0.1, -0.05) is 13.3 Å². The fourth-order valence-electron chi connectivity index (χ4n) is 1.50. The third-order valence-electron chi connectivity index (χ3n) is 2.22. The van der Waals surface area contributed by atoms with Gasteiger partial charge in [-0.25, -0.2) is 8.78 Å². The van der Waals surface area contributed by atoms with Gasteiger partial charge >= 0.3 is 0 Å². The van der Waals surface area contributed by atoms with Crippen LogP contribution in [0.3, 0.4) is 0 Å². The molecule has 0 saturated heterocycles. The van der Waals surface area contributed by atoms with E-state index < -0.39 is 11.6 Å². The normalized spacial score (nSPS) is 12.8. The molecule has 0 heterocycles. The van der Waals surface area contributed by atoms with Crippen molar-refractivity contribution < 1.29 is 8.78 Å². The van der Waals surface area contributed by atoms with Gasteiger partial charge < -0.3 is 5.32 Å². The van der Waals surface area contributed by atoms with Gasteiger partial charge in [0, 0.05) is 24.5 Å². The molecule has 1 unspecified atom stereocenters. The molecule has 1 atom stereocenters. The lowest BCUT2D eigenvalue weighted by Gasteiger charge is -2.09. The van der Waals surface area contributed by atoms with Gasteiger partial charge in [-0.05, 0) is 24.1 Å². The molecule has 0 aliphatic carbocycles. The van der Waals surface area contributed by atoms with Crippen LogP contribution in [-0.4, -0.2) is 11.9 Å². The molecule has 0 bridgehead atoms. The van der Waals surface area contributed by atoms with E-state index in [1.165, 1.54) is 12.1 Å². The Morgan fingerprint density at radius 1 is 1.25 bits per heavy atom. The summed E-state index contributed by atoms with van der Waals surface area (Å²) < 4.78 is 25.7. The van der Waals surface area contributed by atoms with E-state index in [1.54, 1.807) is 0 Å². The molecule has 1 aromatic carbocycles. The maximum atomic E-state index is 12.8. The largest absolute Gasteiger partial charge is 0.311 e. The van der Waals surface area contributed by atoms with Gasteiger partial charge in [-0.2, -0.15) is 0 Å². The summed E-state index contributed by atoms with van der Waals surface area (Å²) in [6.45, 7) is 3.15. The van der Waals surface area contributed by atoms with Crippen LogP contribution in [0.5, 0.6) is 0 Å². The van der Waals surface area contributed by atoms with Crippen LogP contribution in [0.2, 0.25) is 0 Å². The van der Waals surface area contributed by atoms with Gasteiger partial charge in [0.05, 0.1) is 0 Å². The third kappa shape index (κ3) is 4.90. The maximum absolute atomic E-state index is 12.8. The summed E-state index contributed by atoms with van der Waals surface area (Å²) in [7, 11) is 0. The molecular formula is C12H16ClF2N. The summed E-state index contributed by atoms with van der Waals surface area (Å²) in [6.07, 6.45) is 1.97. The summed E-state index contributed by atoms with van der Waals surface area (Å²) in [5.74, 6) is -1.10. The quantitative estimate of drug-likeness (QED) is 0.759. The zero-order valence-corrected chi connectivity index (χ0v) is 10.0. The first-order valence-corrected chi connectivity index (χ1v) is 5.85. The molecule has 0 aliphatic rings. The van der Waals surface area contributed by atoms with E-state index in [4.69, 9.17) is 11.6 Å². The van der Waals surface area contributed by atoms with E-state index in [1.807, 2.05) is 0 Å². The minimum atomic E-state index is -0.548. The van der Waals surface area contributed by atoms with Crippen LogP contribution in [0.25, 0.3) is 0 Å². The van der Waals surface area contributed by atoms with Crippen molar-refractivity contribution in [2.75, 3.05) is 6.54 Å². The molecule has 0 fully saturated rings. The first-order valence-electron chi connectivity index (χ1n) is 5.41. The van der Waals surface area contributed by atoms with Gasteiger partial charge in [0.2, 0.25) is 0 Å². The van der Waals surface area contributed by atoms with Crippen LogP contribution < -0.4 is 5.32 Å². The predicted octanol–water partition coefficient (Wildman–Crippen LogP) is 3.46. The first kappa shape index (κ1) is 13.4. The van der Waals surface area contributed by atoms with Crippen molar-refractivity contribution in [3.05, 3.63) is 35.4 Å². The lowest BCUT2D eigenvalue weighted by atomic mass is 10.2. The molecule has 1 aromatic rings. The van der Waals surface area contributed by atoms with E-state index in [0.29, 0.717) is 18.7 Å². The predicted molar refractivity (Wildman–Crippen MR) is 62.6 cm³/mol. The highest BCUT2D eigenvalue weighted by atomic mass is 35.5. The third-order valence-corrected chi connectivity index (χ3v) is 2.59. The first-order chi connectivity index (χ1) is 7.61. The van der Waals surface area contributed by atoms with E-state index in [0.717, 1.165) is 18.9 Å². The number of hydrogen-bond acceptors (Lipinski definition) is 1. The Kier molecular flexibility index (Phi) is 5.71. The van der Waals surface area contributed by atoms with Crippen LogP contribution in [-0.2, 0) is 6.54 Å². The van der Waals surface area contributed by atoms with E-state index >= 15 is 0 Å². The van der Waals surface area contributed by atoms with Crippen molar-refractivity contribution in [2.24, 2.45) is 0 Å². The average Bonchev–Trinajstić information content (AvgIpc) is 2.16. The van der Waals surface area contributed by atoms with Crippen molar-refractivity contribution in [2.45, 2.75) is 31.7 Å². The molecule has 4 heteroatoms. The topological polar surface area (TPSA) is 12.0 Å². The second-order valence-corrected chi connectivity index (χ2v) is 4.41. The van der Waals surface area contributed by atoms with Crippen LogP contribution in [0.15, 0.2) is 18.2 Å². The van der Waals surface area contributed by atoms with Gasteiger partial charge in [-0.3, -0.25) is 0 Å². The Balaban J connectivity index is 2.37. The summed E-state index contributed by atoms with van der Waals surface area (Å²) in [5, 5.41) is 3.15. The molecule has 0 amide bonds. The van der Waals surface area contributed by atoms with Crippen molar-refractivity contribution in [1.82, 2.24) is 5.32 Å². The molecule has 1 N–H and O–H groups in total. The zero-order valence-electron chi connectivity index (χ0n) is 9.27. The summed E-state index contributed by atoms with van der Waals surface area (Å²) in [5.41, 5.74) is 0.595. The second-order valence-electron chi connectivity index (χ2n) is 3.79. The second kappa shape index (κ2) is 6.81. The minimum Gasteiger partial charge on any atom is -0.311 e. The number of nitrogens with one attached hydrogen (secondary N) is 1. The highest BCUT2D eigenvalue weighted by molar-refractivity contribution is 6.20. The Labute approximate surface area is 99.8 Å². The Morgan fingerprint density at radius 3 is 2.44 bits per heavy atom. The number of hydrogen-bond donors (Lipinski definition) is 1. The van der Waals surface area contributed by atoms with E-state index in [2.05, 4.69) is 12.2 Å². The Bertz CT molecular complexity index is 311. The lowest BCUT2D eigenvalue weighted by Crippen LogP contribution is -2.22. The number of alkyl halides is 1. The molecule has 1 rings (SSSR count). The highest BCUT2D eigenvalue weighted by Crippen LogP contribution is 2.08. The number of halogens is 3. The summed E-state index contributed by atoms with van der Waals surface area (Å²) in [6, 6.07) is 3.50. The van der Waals surface area contributed by atoms with Crippen molar-refractivity contribution in [3.63, 3.8) is 0 Å². The molecular weight excluding hydrogens is 232 g/mol. The molecule has 16 heavy (non-hydrogen) atoms. The standard InChI is InChI=1S/C12H16ClF2N/c1-2-3-10(13)8-16-7-9-4-11(14)6-12(15)5-9/h4-6,10,16H,2-3,7-8H2,1H3. The summed E-state index contributed by atoms with van der Waals surface area (Å²) in [4.78, 5) is 0. The molecule has 1 nitrogen and oxygen atoms in total.